The van der Waals surface area contributed by atoms with Crippen LogP contribution in [0.4, 0.5) is 19.3 Å². The number of amides is 5. The Kier molecular flexibility index (Phi) is 14.8. The van der Waals surface area contributed by atoms with E-state index in [0.717, 1.165) is 106 Å². The second-order valence-corrected chi connectivity index (χ2v) is 21.0. The van der Waals surface area contributed by atoms with E-state index < -0.39 is 29.1 Å². The number of imide groups is 1. The molecule has 4 heterocycles. The molecule has 5 amide bonds. The first-order valence-corrected chi connectivity index (χ1v) is 26.2. The van der Waals surface area contributed by atoms with Crippen molar-refractivity contribution in [3.05, 3.63) is 124 Å². The number of anilines is 1. The average Bonchev–Trinajstić information content (AvgIpc) is 3.69. The first kappa shape index (κ1) is 50.4. The molecular weight excluding hydrogens is 954 g/mol. The number of piperidine rings is 2. The molecule has 0 bridgehead atoms. The predicted molar refractivity (Wildman–Crippen MR) is 276 cm³/mol. The van der Waals surface area contributed by atoms with E-state index in [9.17, 15) is 24.3 Å². The Labute approximate surface area is 429 Å². The maximum absolute atomic E-state index is 16.5. The fourth-order valence-electron chi connectivity index (χ4n) is 12.2. The minimum absolute atomic E-state index is 0.0431. The third kappa shape index (κ3) is 10.1. The van der Waals surface area contributed by atoms with Crippen LogP contribution >= 0.6 is 11.6 Å². The number of aliphatic hydroxyl groups is 1. The lowest BCUT2D eigenvalue weighted by atomic mass is 9.77. The molecule has 4 aliphatic heterocycles. The molecule has 5 aromatic rings. The maximum atomic E-state index is 16.5. The lowest BCUT2D eigenvalue weighted by molar-refractivity contribution is -0.138. The number of rotatable bonds is 14. The van der Waals surface area contributed by atoms with E-state index in [1.165, 1.54) is 23.8 Å². The Morgan fingerprint density at radius 3 is 2.33 bits per heavy atom. The smallest absolute Gasteiger partial charge is 0.328 e. The molecule has 0 aromatic heterocycles. The van der Waals surface area contributed by atoms with Gasteiger partial charge < -0.3 is 35.4 Å². The fraction of sp³-hybridized carbons (Fsp3) is 0.439. The van der Waals surface area contributed by atoms with E-state index in [-0.39, 0.29) is 76.2 Å². The Bertz CT molecular complexity index is 2900. The van der Waals surface area contributed by atoms with Crippen LogP contribution in [-0.4, -0.2) is 104 Å². The molecule has 5 aliphatic rings. The number of carbonyl (C=O) groups is 4. The molecule has 10 rings (SSSR count). The van der Waals surface area contributed by atoms with Gasteiger partial charge in [0.15, 0.2) is 17.2 Å². The minimum atomic E-state index is -1.10. The quantitative estimate of drug-likeness (QED) is 0.0849. The number of halogens is 3. The minimum Gasteiger partial charge on any atom is -0.488 e. The largest absolute Gasteiger partial charge is 0.488 e. The number of likely N-dealkylation sites (tertiary alicyclic amines) is 2. The number of ether oxygens (including phenoxy) is 2. The molecule has 2 unspecified atom stereocenters. The number of primary amides is 1. The zero-order valence-corrected chi connectivity index (χ0v) is 41.9. The summed E-state index contributed by atoms with van der Waals surface area (Å²) in [5, 5.41) is 17.4. The zero-order chi connectivity index (χ0) is 51.0. The summed E-state index contributed by atoms with van der Waals surface area (Å²) in [6.45, 7) is 6.69. The summed E-state index contributed by atoms with van der Waals surface area (Å²) >= 11 is 6.73. The number of hydrogen-bond acceptors (Lipinski definition) is 9. The van der Waals surface area contributed by atoms with Crippen LogP contribution in [0, 0.1) is 23.5 Å². The monoisotopic (exact) mass is 1020 g/mol. The SMILES string of the molecule is CC1c2c(cc(F)c(Cl)c2-c2c(C(N)=O)ccc(OCCO)c2F)OC1(CNC1CCC(C(=O)N2CCC(CN3CCC(c4ccc5ccc(N6CCC(=O)NC6=O)cc5c4)CC3)CC2)CC1)c1ccccc1. The van der Waals surface area contributed by atoms with Gasteiger partial charge in [-0.3, -0.25) is 24.6 Å². The fourth-order valence-corrected chi connectivity index (χ4v) is 12.5. The van der Waals surface area contributed by atoms with E-state index in [1.807, 2.05) is 49.4 Å². The number of nitrogens with one attached hydrogen (secondary N) is 2. The van der Waals surface area contributed by atoms with Crippen molar-refractivity contribution in [1.29, 1.82) is 0 Å². The van der Waals surface area contributed by atoms with Crippen molar-refractivity contribution in [1.82, 2.24) is 20.4 Å². The third-order valence-corrected chi connectivity index (χ3v) is 16.7. The molecule has 13 nitrogen and oxygen atoms in total. The summed E-state index contributed by atoms with van der Waals surface area (Å²) in [4.78, 5) is 57.3. The molecule has 0 spiro atoms. The van der Waals surface area contributed by atoms with Crippen LogP contribution in [0.25, 0.3) is 21.9 Å². The van der Waals surface area contributed by atoms with Gasteiger partial charge in [-0.15, -0.1) is 0 Å². The van der Waals surface area contributed by atoms with Gasteiger partial charge in [0.1, 0.15) is 18.2 Å². The van der Waals surface area contributed by atoms with Gasteiger partial charge in [0.2, 0.25) is 17.7 Å². The van der Waals surface area contributed by atoms with Crippen molar-refractivity contribution in [3.63, 3.8) is 0 Å². The van der Waals surface area contributed by atoms with Gasteiger partial charge in [0, 0.05) is 85.5 Å². The molecule has 5 N–H and O–H groups in total. The van der Waals surface area contributed by atoms with Gasteiger partial charge in [0.25, 0.3) is 0 Å². The zero-order valence-electron chi connectivity index (χ0n) is 41.1. The number of urea groups is 1. The number of fused-ring (bicyclic) bond motifs is 2. The molecule has 73 heavy (non-hydrogen) atoms. The van der Waals surface area contributed by atoms with E-state index >= 15 is 8.78 Å². The average molecular weight is 1020 g/mol. The van der Waals surface area contributed by atoms with Crippen molar-refractivity contribution in [2.75, 3.05) is 63.9 Å². The lowest BCUT2D eigenvalue weighted by Gasteiger charge is -2.40. The van der Waals surface area contributed by atoms with E-state index in [0.29, 0.717) is 36.9 Å². The molecule has 1 saturated carbocycles. The highest BCUT2D eigenvalue weighted by atomic mass is 35.5. The third-order valence-electron chi connectivity index (χ3n) is 16.3. The van der Waals surface area contributed by atoms with Crippen LogP contribution in [0.15, 0.2) is 84.9 Å². The Hall–Kier alpha value is -6.13. The summed E-state index contributed by atoms with van der Waals surface area (Å²) in [7, 11) is 0. The van der Waals surface area contributed by atoms with Crippen molar-refractivity contribution in [3.8, 4) is 22.6 Å². The summed E-state index contributed by atoms with van der Waals surface area (Å²) in [6.07, 6.45) is 7.53. The number of nitrogens with zero attached hydrogens (tertiary/aromatic N) is 3. The number of aliphatic hydroxyl groups excluding tert-OH is 1. The molecule has 5 aromatic carbocycles. The normalized spacial score (nSPS) is 23.1. The lowest BCUT2D eigenvalue weighted by Crippen LogP contribution is -2.49. The van der Waals surface area contributed by atoms with Gasteiger partial charge in [-0.25, -0.2) is 13.6 Å². The molecule has 2 atom stereocenters. The van der Waals surface area contributed by atoms with Crippen molar-refractivity contribution in [2.24, 2.45) is 17.6 Å². The molecule has 16 heteroatoms. The van der Waals surface area contributed by atoms with Crippen LogP contribution < -0.4 is 30.7 Å². The molecule has 0 radical (unpaired) electrons. The first-order chi connectivity index (χ1) is 35.3. The Morgan fingerprint density at radius 1 is 0.877 bits per heavy atom. The van der Waals surface area contributed by atoms with Crippen LogP contribution in [0.5, 0.6) is 11.5 Å². The highest BCUT2D eigenvalue weighted by Crippen LogP contribution is 2.56. The Balaban J connectivity index is 0.730. The number of benzene rings is 5. The number of hydrogen-bond donors (Lipinski definition) is 4. The van der Waals surface area contributed by atoms with Crippen LogP contribution in [-0.2, 0) is 15.2 Å². The highest BCUT2D eigenvalue weighted by molar-refractivity contribution is 6.34. The standard InChI is InChI=1S/C57H63ClF2N6O7/c1-34-49-47(31-45(59)52(58)51(49)50-44(54(61)69)15-16-46(53(50)60)72-28-27-67)73-57(34,41-5-3-2-4-6-41)33-62-42-12-9-38(10-13-42)55(70)65-24-17-35(18-25-65)32-64-22-19-37(20-23-64)39-8-7-36-11-14-43(30-40(36)29-39)66-26-21-48(68)63-56(66)71/h2-8,11,14-16,29-31,34-35,37-38,42,62,67H,9-10,12-13,17-28,32-33H2,1H3,(H2,61,69)(H,63,68,71). The summed E-state index contributed by atoms with van der Waals surface area (Å²) < 4.78 is 44.6. The van der Waals surface area contributed by atoms with Crippen LogP contribution in [0.1, 0.15) is 104 Å². The van der Waals surface area contributed by atoms with Crippen LogP contribution in [0.2, 0.25) is 5.02 Å². The molecule has 1 aliphatic carbocycles. The molecule has 4 fully saturated rings. The molecular formula is C57H63ClF2N6O7. The van der Waals surface area contributed by atoms with E-state index in [4.69, 9.17) is 26.8 Å². The van der Waals surface area contributed by atoms with Gasteiger partial charge in [0.05, 0.1) is 17.2 Å². The van der Waals surface area contributed by atoms with Gasteiger partial charge in [-0.05, 0) is 122 Å². The predicted octanol–water partition coefficient (Wildman–Crippen LogP) is 9.01. The van der Waals surface area contributed by atoms with E-state index in [1.54, 1.807) is 4.90 Å². The summed E-state index contributed by atoms with van der Waals surface area (Å²) in [6, 6.07) is 25.7. The second kappa shape index (κ2) is 21.4. The highest BCUT2D eigenvalue weighted by Gasteiger charge is 2.50. The van der Waals surface area contributed by atoms with Crippen molar-refractivity contribution < 1.29 is 42.5 Å². The van der Waals surface area contributed by atoms with Gasteiger partial charge >= 0.3 is 6.03 Å². The summed E-state index contributed by atoms with van der Waals surface area (Å²) in [5.74, 6) is -2.41. The number of carbonyl (C=O) groups excluding carboxylic acids is 4. The number of nitrogens with two attached hydrogens (primary N) is 1. The van der Waals surface area contributed by atoms with Gasteiger partial charge in [-0.1, -0.05) is 73.1 Å². The van der Waals surface area contributed by atoms with Gasteiger partial charge in [-0.2, -0.15) is 0 Å². The maximum Gasteiger partial charge on any atom is 0.328 e. The topological polar surface area (TPSA) is 167 Å². The van der Waals surface area contributed by atoms with E-state index in [2.05, 4.69) is 44.7 Å². The van der Waals surface area contributed by atoms with Crippen molar-refractivity contribution >= 4 is 51.8 Å². The molecule has 3 saturated heterocycles. The molecule has 384 valence electrons. The Morgan fingerprint density at radius 2 is 1.62 bits per heavy atom. The summed E-state index contributed by atoms with van der Waals surface area (Å²) in [5.41, 5.74) is 7.46. The van der Waals surface area contributed by atoms with Crippen molar-refractivity contribution in [2.45, 2.75) is 88.2 Å². The van der Waals surface area contributed by atoms with Crippen LogP contribution in [0.3, 0.4) is 0 Å². The second-order valence-electron chi connectivity index (χ2n) is 20.6. The first-order valence-electron chi connectivity index (χ1n) is 25.8.